The third-order valence-corrected chi connectivity index (χ3v) is 3.48. The normalized spacial score (nSPS) is 16.4. The van der Waals surface area contributed by atoms with Crippen LogP contribution in [0.2, 0.25) is 0 Å². The van der Waals surface area contributed by atoms with Crippen molar-refractivity contribution in [3.8, 4) is 0 Å². The number of nitrogens with two attached hydrogens (primary N) is 1. The Bertz CT molecular complexity index is 412. The van der Waals surface area contributed by atoms with E-state index in [0.29, 0.717) is 12.5 Å². The van der Waals surface area contributed by atoms with E-state index in [-0.39, 0.29) is 5.91 Å². The Morgan fingerprint density at radius 2 is 2.16 bits per heavy atom. The van der Waals surface area contributed by atoms with E-state index >= 15 is 0 Å². The van der Waals surface area contributed by atoms with Gasteiger partial charge in [-0.15, -0.1) is 0 Å². The summed E-state index contributed by atoms with van der Waals surface area (Å²) in [7, 11) is 0. The maximum Gasteiger partial charge on any atom is 0.216 e. The van der Waals surface area contributed by atoms with E-state index in [1.165, 1.54) is 0 Å². The van der Waals surface area contributed by atoms with Crippen molar-refractivity contribution in [2.45, 2.75) is 26.3 Å². The maximum atomic E-state index is 10.9. The molecule has 6 nitrogen and oxygen atoms in total. The lowest BCUT2D eigenvalue weighted by atomic mass is 9.97. The van der Waals surface area contributed by atoms with Crippen LogP contribution in [0.15, 0.2) is 12.4 Å². The lowest BCUT2D eigenvalue weighted by Gasteiger charge is -2.32. The number of amides is 1. The number of hydrogen-bond acceptors (Lipinski definition) is 5. The molecule has 1 aliphatic rings. The molecule has 0 saturated carbocycles. The van der Waals surface area contributed by atoms with Crippen molar-refractivity contribution in [3.05, 3.63) is 18.1 Å². The Morgan fingerprint density at radius 1 is 1.42 bits per heavy atom. The van der Waals surface area contributed by atoms with Crippen LogP contribution in [0, 0.1) is 5.92 Å². The number of carbonyl (C=O) groups excluding carboxylic acids is 1. The number of rotatable bonds is 4. The van der Waals surface area contributed by atoms with E-state index in [4.69, 9.17) is 5.73 Å². The Labute approximate surface area is 113 Å². The first-order valence-electron chi connectivity index (χ1n) is 6.69. The molecule has 1 aromatic rings. The summed E-state index contributed by atoms with van der Waals surface area (Å²) < 4.78 is 0. The van der Waals surface area contributed by atoms with Crippen LogP contribution in [-0.4, -0.2) is 35.5 Å². The van der Waals surface area contributed by atoms with Gasteiger partial charge in [0.15, 0.2) is 0 Å². The van der Waals surface area contributed by atoms with Crippen molar-refractivity contribution in [2.75, 3.05) is 24.5 Å². The molecule has 1 aliphatic heterocycles. The minimum atomic E-state index is 0.0469. The van der Waals surface area contributed by atoms with E-state index in [2.05, 4.69) is 20.2 Å². The predicted octanol–water partition coefficient (Wildman–Crippen LogP) is 0.288. The summed E-state index contributed by atoms with van der Waals surface area (Å²) in [6.07, 6.45) is 5.66. The fraction of sp³-hybridized carbons (Fsp3) is 0.615. The van der Waals surface area contributed by atoms with Crippen molar-refractivity contribution in [1.29, 1.82) is 0 Å². The van der Waals surface area contributed by atoms with E-state index in [9.17, 15) is 4.79 Å². The molecule has 2 heterocycles. The molecule has 3 N–H and O–H groups in total. The zero-order valence-corrected chi connectivity index (χ0v) is 11.3. The van der Waals surface area contributed by atoms with Crippen LogP contribution >= 0.6 is 0 Å². The average molecular weight is 263 g/mol. The molecule has 0 unspecified atom stereocenters. The van der Waals surface area contributed by atoms with E-state index in [1.807, 2.05) is 0 Å². The number of carbonyl (C=O) groups is 1. The van der Waals surface area contributed by atoms with Crippen LogP contribution in [-0.2, 0) is 11.3 Å². The Morgan fingerprint density at radius 3 is 2.68 bits per heavy atom. The Kier molecular flexibility index (Phi) is 4.68. The van der Waals surface area contributed by atoms with Gasteiger partial charge in [0, 0.05) is 33.1 Å². The van der Waals surface area contributed by atoms with Crippen LogP contribution in [0.1, 0.15) is 25.5 Å². The molecular formula is C13H21N5O. The van der Waals surface area contributed by atoms with Gasteiger partial charge in [0.05, 0.1) is 18.1 Å². The molecule has 0 aliphatic carbocycles. The van der Waals surface area contributed by atoms with E-state index < -0.39 is 0 Å². The Balaban J connectivity index is 1.83. The summed E-state index contributed by atoms with van der Waals surface area (Å²) in [5.41, 5.74) is 6.31. The number of hydrogen-bond donors (Lipinski definition) is 2. The molecule has 1 aromatic heterocycles. The molecule has 0 bridgehead atoms. The Hall–Kier alpha value is -1.69. The molecule has 19 heavy (non-hydrogen) atoms. The second-order valence-electron chi connectivity index (χ2n) is 4.94. The van der Waals surface area contributed by atoms with Gasteiger partial charge in [-0.25, -0.2) is 4.98 Å². The topological polar surface area (TPSA) is 84.1 Å². The fourth-order valence-corrected chi connectivity index (χ4v) is 2.27. The van der Waals surface area contributed by atoms with Crippen LogP contribution in [0.3, 0.4) is 0 Å². The molecule has 1 fully saturated rings. The van der Waals surface area contributed by atoms with Gasteiger partial charge < -0.3 is 16.0 Å². The smallest absolute Gasteiger partial charge is 0.216 e. The summed E-state index contributed by atoms with van der Waals surface area (Å²) in [5.74, 6) is 1.53. The number of nitrogens with zero attached hydrogens (tertiary/aromatic N) is 3. The zero-order valence-electron chi connectivity index (χ0n) is 11.3. The number of piperidine rings is 1. The first-order chi connectivity index (χ1) is 9.19. The highest BCUT2D eigenvalue weighted by Gasteiger charge is 2.20. The predicted molar refractivity (Wildman–Crippen MR) is 73.5 cm³/mol. The SMILES string of the molecule is CC(=O)NCC1CCN(c2cnc(CN)cn2)CC1. The standard InChI is InChI=1S/C13H21N5O/c1-10(19)15-7-11-2-4-18(5-3-11)13-9-16-12(6-14)8-17-13/h8-9,11H,2-7,14H2,1H3,(H,15,19). The van der Waals surface area contributed by atoms with Crippen molar-refractivity contribution >= 4 is 11.7 Å². The first kappa shape index (κ1) is 13.7. The second-order valence-corrected chi connectivity index (χ2v) is 4.94. The van der Waals surface area contributed by atoms with Gasteiger partial charge in [-0.3, -0.25) is 9.78 Å². The lowest BCUT2D eigenvalue weighted by molar-refractivity contribution is -0.119. The van der Waals surface area contributed by atoms with Gasteiger partial charge in [-0.2, -0.15) is 0 Å². The molecule has 104 valence electrons. The largest absolute Gasteiger partial charge is 0.356 e. The second kappa shape index (κ2) is 6.47. The number of aromatic nitrogens is 2. The van der Waals surface area contributed by atoms with Crippen molar-refractivity contribution in [2.24, 2.45) is 11.7 Å². The fourth-order valence-electron chi connectivity index (χ4n) is 2.27. The van der Waals surface area contributed by atoms with Crippen molar-refractivity contribution in [1.82, 2.24) is 15.3 Å². The number of anilines is 1. The van der Waals surface area contributed by atoms with E-state index in [0.717, 1.165) is 44.0 Å². The van der Waals surface area contributed by atoms with Gasteiger partial charge in [0.1, 0.15) is 5.82 Å². The minimum absolute atomic E-state index is 0.0469. The van der Waals surface area contributed by atoms with Crippen LogP contribution < -0.4 is 16.0 Å². The van der Waals surface area contributed by atoms with Crippen LogP contribution in [0.25, 0.3) is 0 Å². The third kappa shape index (κ3) is 3.89. The molecule has 0 atom stereocenters. The highest BCUT2D eigenvalue weighted by atomic mass is 16.1. The van der Waals surface area contributed by atoms with E-state index in [1.54, 1.807) is 19.3 Å². The molecule has 0 aromatic carbocycles. The monoisotopic (exact) mass is 263 g/mol. The summed E-state index contributed by atoms with van der Waals surface area (Å²) in [5, 5.41) is 2.89. The molecule has 1 amide bonds. The number of nitrogens with one attached hydrogen (secondary N) is 1. The quantitative estimate of drug-likeness (QED) is 0.815. The highest BCUT2D eigenvalue weighted by Crippen LogP contribution is 2.20. The van der Waals surface area contributed by atoms with Crippen LogP contribution in [0.4, 0.5) is 5.82 Å². The van der Waals surface area contributed by atoms with Gasteiger partial charge in [-0.1, -0.05) is 0 Å². The summed E-state index contributed by atoms with van der Waals surface area (Å²) in [6.45, 7) is 4.68. The first-order valence-corrected chi connectivity index (χ1v) is 6.69. The summed E-state index contributed by atoms with van der Waals surface area (Å²) in [4.78, 5) is 21.8. The van der Waals surface area contributed by atoms with Gasteiger partial charge in [-0.05, 0) is 18.8 Å². The zero-order chi connectivity index (χ0) is 13.7. The molecule has 6 heteroatoms. The van der Waals surface area contributed by atoms with Crippen LogP contribution in [0.5, 0.6) is 0 Å². The van der Waals surface area contributed by atoms with Crippen molar-refractivity contribution < 1.29 is 4.79 Å². The van der Waals surface area contributed by atoms with Gasteiger partial charge in [0.25, 0.3) is 0 Å². The third-order valence-electron chi connectivity index (χ3n) is 3.48. The summed E-state index contributed by atoms with van der Waals surface area (Å²) >= 11 is 0. The molecule has 1 saturated heterocycles. The molecular weight excluding hydrogens is 242 g/mol. The molecule has 0 radical (unpaired) electrons. The highest BCUT2D eigenvalue weighted by molar-refractivity contribution is 5.72. The minimum Gasteiger partial charge on any atom is -0.356 e. The average Bonchev–Trinajstić information content (AvgIpc) is 2.46. The molecule has 0 spiro atoms. The van der Waals surface area contributed by atoms with Crippen molar-refractivity contribution in [3.63, 3.8) is 0 Å². The summed E-state index contributed by atoms with van der Waals surface area (Å²) in [6, 6.07) is 0. The van der Waals surface area contributed by atoms with Gasteiger partial charge >= 0.3 is 0 Å². The van der Waals surface area contributed by atoms with Gasteiger partial charge in [0.2, 0.25) is 5.91 Å². The molecule has 2 rings (SSSR count). The maximum absolute atomic E-state index is 10.9. The lowest BCUT2D eigenvalue weighted by Crippen LogP contribution is -2.38.